The van der Waals surface area contributed by atoms with Crippen LogP contribution in [0.5, 0.6) is 11.5 Å². The topological polar surface area (TPSA) is 81.4 Å². The van der Waals surface area contributed by atoms with Crippen molar-refractivity contribution in [2.24, 2.45) is 0 Å². The molecule has 1 fully saturated rings. The van der Waals surface area contributed by atoms with Crippen LogP contribution in [0.1, 0.15) is 30.5 Å². The van der Waals surface area contributed by atoms with Crippen LogP contribution in [0.15, 0.2) is 60.9 Å². The molecule has 0 bridgehead atoms. The number of nitrogens with zero attached hydrogens (tertiary/aromatic N) is 3. The highest BCUT2D eigenvalue weighted by Gasteiger charge is 2.46. The van der Waals surface area contributed by atoms with E-state index >= 15 is 0 Å². The standard InChI is InChI=1S/C25H25F3N4O3/c1-16-13-18(9-11-32(16)34)22-15-31(12-10-25(22,27)28)17(2)24(33)30-23-8-7-21(14-29-23)35-20-5-3-19(26)4-6-20/h3-9,11,13-14,17,22H,10,12,15H2,1-2H3,(H,29,30,33)/t17?,22-/m0/s1. The normalized spacial score (nSPS) is 18.6. The van der Waals surface area contributed by atoms with Crippen LogP contribution >= 0.6 is 0 Å². The Morgan fingerprint density at radius 1 is 1.23 bits per heavy atom. The van der Waals surface area contributed by atoms with Crippen LogP contribution in [0, 0.1) is 17.9 Å². The zero-order valence-electron chi connectivity index (χ0n) is 19.2. The number of hydrogen-bond acceptors (Lipinski definition) is 5. The Hall–Kier alpha value is -3.66. The molecule has 0 radical (unpaired) electrons. The molecule has 1 aliphatic heterocycles. The van der Waals surface area contributed by atoms with Gasteiger partial charge < -0.3 is 15.3 Å². The van der Waals surface area contributed by atoms with Gasteiger partial charge in [0.25, 0.3) is 5.92 Å². The molecular weight excluding hydrogens is 461 g/mol. The second kappa shape index (κ2) is 9.91. The summed E-state index contributed by atoms with van der Waals surface area (Å²) in [6.45, 7) is 3.25. The number of amides is 1. The summed E-state index contributed by atoms with van der Waals surface area (Å²) in [5.74, 6) is -3.71. The molecule has 0 saturated carbocycles. The van der Waals surface area contributed by atoms with Crippen molar-refractivity contribution < 1.29 is 27.4 Å². The predicted molar refractivity (Wildman–Crippen MR) is 123 cm³/mol. The number of likely N-dealkylation sites (tertiary alicyclic amines) is 1. The molecule has 184 valence electrons. The number of ether oxygens (including phenoxy) is 1. The Bertz CT molecular complexity index is 1190. The van der Waals surface area contributed by atoms with Gasteiger partial charge in [-0.1, -0.05) is 0 Å². The van der Waals surface area contributed by atoms with Gasteiger partial charge in [-0.25, -0.2) is 18.2 Å². The highest BCUT2D eigenvalue weighted by atomic mass is 19.3. The number of aromatic nitrogens is 2. The van der Waals surface area contributed by atoms with Gasteiger partial charge in [-0.05, 0) is 48.9 Å². The number of carbonyl (C=O) groups excluding carboxylic acids is 1. The molecule has 1 aromatic carbocycles. The van der Waals surface area contributed by atoms with Crippen molar-refractivity contribution in [3.8, 4) is 11.5 Å². The molecule has 1 saturated heterocycles. The molecule has 1 aliphatic rings. The summed E-state index contributed by atoms with van der Waals surface area (Å²) < 4.78 is 48.7. The molecule has 1 N–H and O–H groups in total. The maximum atomic E-state index is 14.7. The maximum Gasteiger partial charge on any atom is 0.257 e. The average molecular weight is 486 g/mol. The molecule has 3 aromatic rings. The molecule has 35 heavy (non-hydrogen) atoms. The first kappa shape index (κ1) is 24.5. The molecule has 1 unspecified atom stereocenters. The van der Waals surface area contributed by atoms with Gasteiger partial charge in [-0.3, -0.25) is 9.69 Å². The Morgan fingerprint density at radius 3 is 2.60 bits per heavy atom. The van der Waals surface area contributed by atoms with Crippen LogP contribution in [0.3, 0.4) is 0 Å². The molecule has 3 heterocycles. The van der Waals surface area contributed by atoms with Crippen LogP contribution in [0.25, 0.3) is 0 Å². The van der Waals surface area contributed by atoms with Gasteiger partial charge in [0.1, 0.15) is 23.1 Å². The number of hydrogen-bond donors (Lipinski definition) is 1. The highest BCUT2D eigenvalue weighted by molar-refractivity contribution is 5.93. The monoisotopic (exact) mass is 486 g/mol. The van der Waals surface area contributed by atoms with Crippen LogP contribution in [0.2, 0.25) is 0 Å². The SMILES string of the molecule is Cc1cc([C@@H]2CN(C(C)C(=O)Nc3ccc(Oc4ccc(F)cc4)cn3)CCC2(F)F)cc[n+]1[O-]. The lowest BCUT2D eigenvalue weighted by molar-refractivity contribution is -0.612. The summed E-state index contributed by atoms with van der Waals surface area (Å²) >= 11 is 0. The Balaban J connectivity index is 1.39. The zero-order chi connectivity index (χ0) is 25.2. The lowest BCUT2D eigenvalue weighted by Crippen LogP contribution is -2.52. The van der Waals surface area contributed by atoms with Crippen LogP contribution in [0.4, 0.5) is 19.0 Å². The smallest absolute Gasteiger partial charge is 0.257 e. The van der Waals surface area contributed by atoms with E-state index in [0.29, 0.717) is 27.5 Å². The third-order valence-corrected chi connectivity index (χ3v) is 6.15. The minimum Gasteiger partial charge on any atom is -0.619 e. The molecule has 2 aromatic heterocycles. The second-order valence-corrected chi connectivity index (χ2v) is 8.59. The predicted octanol–water partition coefficient (Wildman–Crippen LogP) is 4.41. The first-order valence-electron chi connectivity index (χ1n) is 11.1. The fraction of sp³-hybridized carbons (Fsp3) is 0.320. The molecule has 2 atom stereocenters. The fourth-order valence-electron chi connectivity index (χ4n) is 4.02. The molecular formula is C25H25F3N4O3. The van der Waals surface area contributed by atoms with Crippen LogP contribution < -0.4 is 14.8 Å². The molecule has 7 nitrogen and oxygen atoms in total. The zero-order valence-corrected chi connectivity index (χ0v) is 19.2. The van der Waals surface area contributed by atoms with Crippen molar-refractivity contribution in [2.45, 2.75) is 38.2 Å². The second-order valence-electron chi connectivity index (χ2n) is 8.59. The van der Waals surface area contributed by atoms with Gasteiger partial charge in [-0.15, -0.1) is 0 Å². The van der Waals surface area contributed by atoms with Gasteiger partial charge >= 0.3 is 0 Å². The van der Waals surface area contributed by atoms with Crippen LogP contribution in [-0.2, 0) is 4.79 Å². The molecule has 1 amide bonds. The first-order valence-corrected chi connectivity index (χ1v) is 11.1. The van der Waals surface area contributed by atoms with Crippen molar-refractivity contribution in [1.82, 2.24) is 9.88 Å². The van der Waals surface area contributed by atoms with Gasteiger partial charge in [0.05, 0.1) is 18.2 Å². The summed E-state index contributed by atoms with van der Waals surface area (Å²) in [5, 5.41) is 14.3. The van der Waals surface area contributed by atoms with E-state index in [-0.39, 0.29) is 30.6 Å². The van der Waals surface area contributed by atoms with E-state index in [1.807, 2.05) is 0 Å². The Morgan fingerprint density at radius 2 is 1.94 bits per heavy atom. The number of anilines is 1. The van der Waals surface area contributed by atoms with E-state index in [4.69, 9.17) is 4.74 Å². The summed E-state index contributed by atoms with van der Waals surface area (Å²) in [6, 6.07) is 10.9. The minimum atomic E-state index is -2.95. The third-order valence-electron chi connectivity index (χ3n) is 6.15. The van der Waals surface area contributed by atoms with Crippen molar-refractivity contribution in [2.75, 3.05) is 18.4 Å². The van der Waals surface area contributed by atoms with Crippen molar-refractivity contribution in [1.29, 1.82) is 0 Å². The molecule has 10 heteroatoms. The largest absolute Gasteiger partial charge is 0.619 e. The summed E-state index contributed by atoms with van der Waals surface area (Å²) in [6.07, 6.45) is 2.25. The van der Waals surface area contributed by atoms with E-state index in [9.17, 15) is 23.2 Å². The van der Waals surface area contributed by atoms with Gasteiger partial charge in [-0.2, -0.15) is 4.73 Å². The summed E-state index contributed by atoms with van der Waals surface area (Å²) in [5.41, 5.74) is 0.703. The van der Waals surface area contributed by atoms with Crippen molar-refractivity contribution in [3.63, 3.8) is 0 Å². The molecule has 0 spiro atoms. The van der Waals surface area contributed by atoms with Crippen molar-refractivity contribution in [3.05, 3.63) is 83.2 Å². The van der Waals surface area contributed by atoms with E-state index in [1.165, 1.54) is 48.8 Å². The lowest BCUT2D eigenvalue weighted by atomic mass is 9.86. The number of halogens is 3. The van der Waals surface area contributed by atoms with Gasteiger partial charge in [0.15, 0.2) is 11.9 Å². The maximum absolute atomic E-state index is 14.7. The number of alkyl halides is 2. The van der Waals surface area contributed by atoms with Gasteiger partial charge in [0, 0.05) is 38.6 Å². The highest BCUT2D eigenvalue weighted by Crippen LogP contribution is 2.40. The number of pyridine rings is 2. The van der Waals surface area contributed by atoms with E-state index in [1.54, 1.807) is 30.9 Å². The van der Waals surface area contributed by atoms with E-state index in [0.717, 1.165) is 0 Å². The molecule has 0 aliphatic carbocycles. The number of piperidine rings is 1. The third kappa shape index (κ3) is 5.71. The number of benzene rings is 1. The minimum absolute atomic E-state index is 0.0260. The van der Waals surface area contributed by atoms with E-state index in [2.05, 4.69) is 10.3 Å². The summed E-state index contributed by atoms with van der Waals surface area (Å²) in [4.78, 5) is 18.7. The quantitative estimate of drug-likeness (QED) is 0.413. The average Bonchev–Trinajstić information content (AvgIpc) is 2.83. The van der Waals surface area contributed by atoms with Crippen LogP contribution in [-0.4, -0.2) is 40.8 Å². The number of carbonyl (C=O) groups is 1. The Kier molecular flexibility index (Phi) is 6.93. The van der Waals surface area contributed by atoms with Crippen molar-refractivity contribution >= 4 is 11.7 Å². The Labute approximate surface area is 200 Å². The first-order chi connectivity index (χ1) is 16.6. The van der Waals surface area contributed by atoms with Gasteiger partial charge in [0.2, 0.25) is 5.91 Å². The fourth-order valence-corrected chi connectivity index (χ4v) is 4.02. The number of rotatable bonds is 6. The summed E-state index contributed by atoms with van der Waals surface area (Å²) in [7, 11) is 0. The number of aryl methyl sites for hydroxylation is 1. The van der Waals surface area contributed by atoms with E-state index < -0.39 is 24.3 Å². The molecule has 4 rings (SSSR count). The number of nitrogens with one attached hydrogen (secondary N) is 1. The lowest BCUT2D eigenvalue weighted by Gasteiger charge is -2.40.